The quantitative estimate of drug-likeness (QED) is 0.564. The van der Waals surface area contributed by atoms with Crippen LogP contribution in [-0.2, 0) is 6.54 Å². The van der Waals surface area contributed by atoms with Gasteiger partial charge in [-0.2, -0.15) is 0 Å². The van der Waals surface area contributed by atoms with E-state index in [9.17, 15) is 14.3 Å². The first-order chi connectivity index (χ1) is 17.1. The third-order valence-corrected chi connectivity index (χ3v) is 7.17. The molecule has 2 aromatic carbocycles. The average Bonchev–Trinajstić information content (AvgIpc) is 3.25. The maximum Gasteiger partial charge on any atom is 0.255 e. The predicted octanol–water partition coefficient (Wildman–Crippen LogP) is 3.77. The van der Waals surface area contributed by atoms with Crippen molar-refractivity contribution in [3.05, 3.63) is 89.5 Å². The summed E-state index contributed by atoms with van der Waals surface area (Å²) in [5, 5.41) is 10.9. The van der Waals surface area contributed by atoms with Crippen LogP contribution in [0.3, 0.4) is 0 Å². The standard InChI is InChI=1S/C28H33FN4O2/c29-23-7-9-24(10-8-23)31-19-17-30(18-20-31)13-4-14-32-16-12-26(34)27-25(28(32)35)11-15-33(27)21-22-5-2-1-3-6-22/h1-3,5-11,15,26,34H,4,12-14,16-21H2. The second kappa shape index (κ2) is 10.6. The summed E-state index contributed by atoms with van der Waals surface area (Å²) >= 11 is 0. The van der Waals surface area contributed by atoms with Crippen LogP contribution in [0.1, 0.15) is 40.6 Å². The summed E-state index contributed by atoms with van der Waals surface area (Å²) in [6.07, 6.45) is 2.73. The highest BCUT2D eigenvalue weighted by atomic mass is 19.1. The number of hydrogen-bond donors (Lipinski definition) is 1. The molecule has 1 aromatic heterocycles. The van der Waals surface area contributed by atoms with Crippen molar-refractivity contribution in [2.24, 2.45) is 0 Å². The van der Waals surface area contributed by atoms with Crippen LogP contribution in [0.25, 0.3) is 0 Å². The molecule has 1 unspecified atom stereocenters. The fraction of sp³-hybridized carbons (Fsp3) is 0.393. The molecule has 2 aliphatic rings. The zero-order valence-electron chi connectivity index (χ0n) is 20.0. The van der Waals surface area contributed by atoms with E-state index in [1.54, 1.807) is 0 Å². The van der Waals surface area contributed by atoms with Crippen molar-refractivity contribution in [1.29, 1.82) is 0 Å². The molecule has 1 amide bonds. The number of rotatable bonds is 7. The molecule has 7 heteroatoms. The maximum absolute atomic E-state index is 13.3. The number of halogens is 1. The van der Waals surface area contributed by atoms with Gasteiger partial charge in [0.2, 0.25) is 0 Å². The Morgan fingerprint density at radius 1 is 0.886 bits per heavy atom. The van der Waals surface area contributed by atoms with Crippen LogP contribution in [-0.4, -0.2) is 71.2 Å². The number of piperazine rings is 1. The Kier molecular flexibility index (Phi) is 7.16. The molecule has 3 aromatic rings. The van der Waals surface area contributed by atoms with Gasteiger partial charge in [-0.3, -0.25) is 9.69 Å². The molecule has 2 aliphatic heterocycles. The van der Waals surface area contributed by atoms with Gasteiger partial charge in [0.1, 0.15) is 5.82 Å². The Morgan fingerprint density at radius 2 is 1.63 bits per heavy atom. The van der Waals surface area contributed by atoms with Crippen molar-refractivity contribution < 1.29 is 14.3 Å². The molecule has 0 radical (unpaired) electrons. The fourth-order valence-electron chi connectivity index (χ4n) is 5.22. The third-order valence-electron chi connectivity index (χ3n) is 7.17. The van der Waals surface area contributed by atoms with Crippen LogP contribution in [0.2, 0.25) is 0 Å². The van der Waals surface area contributed by atoms with E-state index < -0.39 is 6.10 Å². The number of benzene rings is 2. The molecule has 35 heavy (non-hydrogen) atoms. The van der Waals surface area contributed by atoms with Gasteiger partial charge < -0.3 is 19.5 Å². The number of anilines is 1. The van der Waals surface area contributed by atoms with Crippen molar-refractivity contribution in [2.45, 2.75) is 25.5 Å². The van der Waals surface area contributed by atoms with Gasteiger partial charge in [-0.05, 0) is 55.3 Å². The molecule has 1 atom stereocenters. The maximum atomic E-state index is 13.3. The lowest BCUT2D eigenvalue weighted by Gasteiger charge is -2.36. The Hall–Kier alpha value is -3.16. The number of amides is 1. The Morgan fingerprint density at radius 3 is 2.37 bits per heavy atom. The minimum absolute atomic E-state index is 0.0180. The lowest BCUT2D eigenvalue weighted by atomic mass is 10.1. The Labute approximate surface area is 206 Å². The van der Waals surface area contributed by atoms with Gasteiger partial charge in [0.15, 0.2) is 0 Å². The monoisotopic (exact) mass is 476 g/mol. The molecule has 0 bridgehead atoms. The Bertz CT molecular complexity index is 1120. The number of carbonyl (C=O) groups is 1. The molecule has 1 saturated heterocycles. The lowest BCUT2D eigenvalue weighted by Crippen LogP contribution is -2.47. The van der Waals surface area contributed by atoms with Gasteiger partial charge >= 0.3 is 0 Å². The summed E-state index contributed by atoms with van der Waals surface area (Å²) in [6, 6.07) is 18.7. The van der Waals surface area contributed by atoms with E-state index in [0.29, 0.717) is 31.6 Å². The van der Waals surface area contributed by atoms with Gasteiger partial charge in [-0.15, -0.1) is 0 Å². The third kappa shape index (κ3) is 5.41. The van der Waals surface area contributed by atoms with Crippen molar-refractivity contribution in [2.75, 3.05) is 50.7 Å². The second-order valence-electron chi connectivity index (χ2n) is 9.48. The summed E-state index contributed by atoms with van der Waals surface area (Å²) in [6.45, 7) is 6.58. The molecule has 0 spiro atoms. The highest BCUT2D eigenvalue weighted by molar-refractivity contribution is 5.96. The highest BCUT2D eigenvalue weighted by Crippen LogP contribution is 2.28. The molecule has 0 saturated carbocycles. The van der Waals surface area contributed by atoms with E-state index in [-0.39, 0.29) is 11.7 Å². The number of carbonyl (C=O) groups excluding carboxylic acids is 1. The average molecular weight is 477 g/mol. The van der Waals surface area contributed by atoms with Crippen molar-refractivity contribution in [1.82, 2.24) is 14.4 Å². The number of hydrogen-bond acceptors (Lipinski definition) is 4. The molecule has 5 rings (SSSR count). The molecule has 3 heterocycles. The highest BCUT2D eigenvalue weighted by Gasteiger charge is 2.30. The molecular formula is C28H33FN4O2. The second-order valence-corrected chi connectivity index (χ2v) is 9.48. The first-order valence-electron chi connectivity index (χ1n) is 12.5. The van der Waals surface area contributed by atoms with Crippen LogP contribution in [0.15, 0.2) is 66.9 Å². The molecule has 6 nitrogen and oxygen atoms in total. The number of fused-ring (bicyclic) bond motifs is 1. The van der Waals surface area contributed by atoms with Crippen molar-refractivity contribution in [3.63, 3.8) is 0 Å². The van der Waals surface area contributed by atoms with E-state index in [1.165, 1.54) is 12.1 Å². The lowest BCUT2D eigenvalue weighted by molar-refractivity contribution is 0.0738. The Balaban J connectivity index is 1.14. The van der Waals surface area contributed by atoms with Gasteiger partial charge in [-0.25, -0.2) is 4.39 Å². The van der Waals surface area contributed by atoms with Crippen molar-refractivity contribution in [3.8, 4) is 0 Å². The fourth-order valence-corrected chi connectivity index (χ4v) is 5.22. The summed E-state index contributed by atoms with van der Waals surface area (Å²) in [4.78, 5) is 19.9. The summed E-state index contributed by atoms with van der Waals surface area (Å²) < 4.78 is 15.2. The van der Waals surface area contributed by atoms with E-state index in [0.717, 1.165) is 56.1 Å². The van der Waals surface area contributed by atoms with Gasteiger partial charge in [0.05, 0.1) is 17.4 Å². The van der Waals surface area contributed by atoms with E-state index in [2.05, 4.69) is 21.9 Å². The number of aromatic nitrogens is 1. The SMILES string of the molecule is O=C1c2ccn(Cc3ccccc3)c2C(O)CCN1CCCN1CCN(c2ccc(F)cc2)CC1. The zero-order valence-corrected chi connectivity index (χ0v) is 20.0. The van der Waals surface area contributed by atoms with Gasteiger partial charge in [-0.1, -0.05) is 30.3 Å². The molecule has 0 aliphatic carbocycles. The number of aliphatic hydroxyl groups is 1. The van der Waals surface area contributed by atoms with Gasteiger partial charge in [0.25, 0.3) is 5.91 Å². The van der Waals surface area contributed by atoms with Crippen LogP contribution in [0.4, 0.5) is 10.1 Å². The minimum atomic E-state index is -0.641. The normalized spacial score (nSPS) is 19.0. The first-order valence-corrected chi connectivity index (χ1v) is 12.5. The predicted molar refractivity (Wildman–Crippen MR) is 135 cm³/mol. The summed E-state index contributed by atoms with van der Waals surface area (Å²) in [5.41, 5.74) is 3.57. The van der Waals surface area contributed by atoms with Crippen LogP contribution < -0.4 is 4.90 Å². The van der Waals surface area contributed by atoms with E-state index in [4.69, 9.17) is 0 Å². The van der Waals surface area contributed by atoms with Crippen LogP contribution >= 0.6 is 0 Å². The molecular weight excluding hydrogens is 443 g/mol. The van der Waals surface area contributed by atoms with Crippen LogP contribution in [0, 0.1) is 5.82 Å². The number of aliphatic hydroxyl groups excluding tert-OH is 1. The van der Waals surface area contributed by atoms with Crippen LogP contribution in [0.5, 0.6) is 0 Å². The van der Waals surface area contributed by atoms with E-state index >= 15 is 0 Å². The molecule has 1 fully saturated rings. The minimum Gasteiger partial charge on any atom is -0.387 e. The number of nitrogens with zero attached hydrogens (tertiary/aromatic N) is 4. The van der Waals surface area contributed by atoms with Gasteiger partial charge in [0, 0.05) is 57.7 Å². The first kappa shape index (κ1) is 23.6. The topological polar surface area (TPSA) is 52.0 Å². The molecule has 184 valence electrons. The zero-order chi connectivity index (χ0) is 24.2. The summed E-state index contributed by atoms with van der Waals surface area (Å²) in [7, 11) is 0. The largest absolute Gasteiger partial charge is 0.387 e. The summed E-state index contributed by atoms with van der Waals surface area (Å²) in [5.74, 6) is -0.188. The molecule has 1 N–H and O–H groups in total. The van der Waals surface area contributed by atoms with E-state index in [1.807, 2.05) is 52.1 Å². The van der Waals surface area contributed by atoms with Crippen molar-refractivity contribution >= 4 is 11.6 Å². The smallest absolute Gasteiger partial charge is 0.255 e.